The molecule has 1 saturated heterocycles. The van der Waals surface area contributed by atoms with Crippen LogP contribution in [0.25, 0.3) is 33.6 Å². The Labute approximate surface area is 279 Å². The number of nitrogens with one attached hydrogen (secondary N) is 2. The first-order chi connectivity index (χ1) is 23.4. The highest BCUT2D eigenvalue weighted by molar-refractivity contribution is 5.90. The summed E-state index contributed by atoms with van der Waals surface area (Å²) in [5, 5.41) is 13.9. The molecule has 2 fully saturated rings. The standard InChI is InChI=1S/C36H42N8O4/c1-42(2)25-11-15-43(16-12-25)29-21-32(47-3)28(20-30(29)44(22-46)26-8-9-26)39-36-37-14-10-27(38-36)35-34(40-33(41-35)5-4-17-45)24-7-6-23-13-18-48-31(23)19-24/h6-7,10,13-14,18-22,25-26,45H,4-5,8-9,11-12,15-17H2,1-3H3,(H,40,41)(H,37,38,39). The molecule has 0 bridgehead atoms. The molecule has 12 nitrogen and oxygen atoms in total. The average molecular weight is 651 g/mol. The van der Waals surface area contributed by atoms with Crippen molar-refractivity contribution >= 4 is 40.4 Å². The van der Waals surface area contributed by atoms with Crippen molar-refractivity contribution in [2.24, 2.45) is 0 Å². The minimum absolute atomic E-state index is 0.0740. The second kappa shape index (κ2) is 13.7. The largest absolute Gasteiger partial charge is 0.494 e. The first-order valence-electron chi connectivity index (χ1n) is 16.6. The lowest BCUT2D eigenvalue weighted by Gasteiger charge is -2.38. The maximum atomic E-state index is 12.5. The Kier molecular flexibility index (Phi) is 9.00. The smallest absolute Gasteiger partial charge is 0.227 e. The molecular formula is C36H42N8O4. The third kappa shape index (κ3) is 6.45. The van der Waals surface area contributed by atoms with Gasteiger partial charge in [0, 0.05) is 61.4 Å². The maximum absolute atomic E-state index is 12.5. The molecule has 0 unspecified atom stereocenters. The van der Waals surface area contributed by atoms with E-state index in [1.54, 1.807) is 19.6 Å². The van der Waals surface area contributed by atoms with Gasteiger partial charge in [-0.15, -0.1) is 0 Å². The number of ether oxygens (including phenoxy) is 1. The van der Waals surface area contributed by atoms with Gasteiger partial charge in [0.1, 0.15) is 17.2 Å². The highest BCUT2D eigenvalue weighted by atomic mass is 16.5. The Morgan fingerprint density at radius 2 is 1.92 bits per heavy atom. The molecule has 250 valence electrons. The molecule has 0 radical (unpaired) electrons. The lowest BCUT2D eigenvalue weighted by Crippen LogP contribution is -2.42. The molecule has 5 aromatic rings. The summed E-state index contributed by atoms with van der Waals surface area (Å²) >= 11 is 0. The SMILES string of the molecule is COc1cc(N2CCC(N(C)C)CC2)c(N(C=O)C2CC2)cc1Nc1nccc(-c2[nH]c(CCCO)nc2-c2ccc3ccoc3c2)n1. The summed E-state index contributed by atoms with van der Waals surface area (Å²) in [6.07, 6.45) is 9.58. The lowest BCUT2D eigenvalue weighted by molar-refractivity contribution is -0.107. The van der Waals surface area contributed by atoms with Gasteiger partial charge in [0.15, 0.2) is 0 Å². The number of aromatic amines is 1. The summed E-state index contributed by atoms with van der Waals surface area (Å²) in [5.41, 5.74) is 6.30. The van der Waals surface area contributed by atoms with E-state index < -0.39 is 0 Å². The van der Waals surface area contributed by atoms with Gasteiger partial charge < -0.3 is 39.3 Å². The molecule has 0 atom stereocenters. The van der Waals surface area contributed by atoms with Crippen molar-refractivity contribution in [1.29, 1.82) is 0 Å². The molecular weight excluding hydrogens is 608 g/mol. The number of anilines is 4. The molecule has 1 aliphatic heterocycles. The number of carbonyl (C=O) groups excluding carboxylic acids is 1. The van der Waals surface area contributed by atoms with Crippen LogP contribution in [0.2, 0.25) is 0 Å². The normalized spacial score (nSPS) is 15.3. The van der Waals surface area contributed by atoms with Gasteiger partial charge in [-0.25, -0.2) is 15.0 Å². The van der Waals surface area contributed by atoms with E-state index >= 15 is 0 Å². The molecule has 1 aliphatic carbocycles. The number of hydrogen-bond acceptors (Lipinski definition) is 10. The molecule has 48 heavy (non-hydrogen) atoms. The zero-order chi connectivity index (χ0) is 33.2. The molecule has 3 aromatic heterocycles. The van der Waals surface area contributed by atoms with Gasteiger partial charge in [0.2, 0.25) is 12.4 Å². The quantitative estimate of drug-likeness (QED) is 0.138. The monoisotopic (exact) mass is 650 g/mol. The van der Waals surface area contributed by atoms with Crippen LogP contribution in [0.4, 0.5) is 23.0 Å². The Balaban J connectivity index is 1.24. The highest BCUT2D eigenvalue weighted by Gasteiger charge is 2.33. The van der Waals surface area contributed by atoms with Crippen LogP contribution < -0.4 is 19.9 Å². The number of rotatable bonds is 13. The summed E-state index contributed by atoms with van der Waals surface area (Å²) < 4.78 is 11.6. The first kappa shape index (κ1) is 31.6. The van der Waals surface area contributed by atoms with Crippen LogP contribution in [0.5, 0.6) is 5.75 Å². The topological polar surface area (TPSA) is 136 Å². The Hall–Kier alpha value is -4.94. The van der Waals surface area contributed by atoms with Crippen LogP contribution in [0, 0.1) is 0 Å². The second-order valence-electron chi connectivity index (χ2n) is 12.8. The van der Waals surface area contributed by atoms with Crippen LogP contribution in [0.15, 0.2) is 59.3 Å². The van der Waals surface area contributed by atoms with Gasteiger partial charge in [-0.2, -0.15) is 0 Å². The molecule has 2 aromatic carbocycles. The summed E-state index contributed by atoms with van der Waals surface area (Å²) in [7, 11) is 5.92. The minimum Gasteiger partial charge on any atom is -0.494 e. The Bertz CT molecular complexity index is 1890. The number of methoxy groups -OCH3 is 1. The molecule has 7 rings (SSSR count). The van der Waals surface area contributed by atoms with Gasteiger partial charge in [0.25, 0.3) is 0 Å². The van der Waals surface area contributed by atoms with Crippen molar-refractivity contribution in [3.05, 3.63) is 60.7 Å². The minimum atomic E-state index is 0.0740. The summed E-state index contributed by atoms with van der Waals surface area (Å²) in [6.45, 7) is 1.87. The number of piperidine rings is 1. The van der Waals surface area contributed by atoms with Crippen LogP contribution in [0.1, 0.15) is 37.9 Å². The van der Waals surface area contributed by atoms with E-state index in [0.29, 0.717) is 42.0 Å². The number of H-pyrrole nitrogens is 1. The number of hydrogen-bond donors (Lipinski definition) is 3. The number of aryl methyl sites for hydroxylation is 1. The predicted molar refractivity (Wildman–Crippen MR) is 187 cm³/mol. The number of furan rings is 1. The lowest BCUT2D eigenvalue weighted by atomic mass is 10.0. The maximum Gasteiger partial charge on any atom is 0.227 e. The molecule has 0 spiro atoms. The molecule has 1 saturated carbocycles. The van der Waals surface area contributed by atoms with E-state index in [4.69, 9.17) is 19.1 Å². The molecule has 3 N–H and O–H groups in total. The van der Waals surface area contributed by atoms with E-state index in [1.165, 1.54) is 0 Å². The summed E-state index contributed by atoms with van der Waals surface area (Å²) in [6, 6.07) is 14.5. The average Bonchev–Trinajstić information content (AvgIpc) is 3.67. The van der Waals surface area contributed by atoms with Crippen LogP contribution in [-0.2, 0) is 11.2 Å². The molecule has 4 heterocycles. The van der Waals surface area contributed by atoms with Gasteiger partial charge in [0.05, 0.1) is 47.5 Å². The Morgan fingerprint density at radius 3 is 2.65 bits per heavy atom. The summed E-state index contributed by atoms with van der Waals surface area (Å²) in [5.74, 6) is 1.77. The second-order valence-corrected chi connectivity index (χ2v) is 12.8. The van der Waals surface area contributed by atoms with Gasteiger partial charge in [-0.1, -0.05) is 12.1 Å². The Morgan fingerprint density at radius 1 is 1.08 bits per heavy atom. The predicted octanol–water partition coefficient (Wildman–Crippen LogP) is 5.61. The fourth-order valence-corrected chi connectivity index (χ4v) is 6.56. The van der Waals surface area contributed by atoms with Gasteiger partial charge >= 0.3 is 0 Å². The van der Waals surface area contributed by atoms with Crippen molar-refractivity contribution in [2.75, 3.05) is 56.0 Å². The molecule has 12 heteroatoms. The zero-order valence-electron chi connectivity index (χ0n) is 27.6. The van der Waals surface area contributed by atoms with Gasteiger partial charge in [-0.3, -0.25) is 4.79 Å². The number of nitrogens with zero attached hydrogens (tertiary/aromatic N) is 6. The fraction of sp³-hybridized carbons (Fsp3) is 0.389. The fourth-order valence-electron chi connectivity index (χ4n) is 6.56. The number of aromatic nitrogens is 4. The van der Waals surface area contributed by atoms with Crippen LogP contribution in [0.3, 0.4) is 0 Å². The number of amides is 1. The van der Waals surface area contributed by atoms with E-state index in [1.807, 2.05) is 47.4 Å². The van der Waals surface area contributed by atoms with E-state index in [9.17, 15) is 9.90 Å². The highest BCUT2D eigenvalue weighted by Crippen LogP contribution is 2.44. The van der Waals surface area contributed by atoms with E-state index in [0.717, 1.165) is 90.3 Å². The number of fused-ring (bicyclic) bond motifs is 1. The number of aliphatic hydroxyl groups is 1. The number of benzene rings is 2. The number of imidazole rings is 1. The van der Waals surface area contributed by atoms with Crippen molar-refractivity contribution in [2.45, 2.75) is 50.6 Å². The zero-order valence-corrected chi connectivity index (χ0v) is 27.6. The first-order valence-corrected chi connectivity index (χ1v) is 16.6. The van der Waals surface area contributed by atoms with Crippen molar-refractivity contribution < 1.29 is 19.1 Å². The number of carbonyl (C=O) groups is 1. The van der Waals surface area contributed by atoms with Crippen LogP contribution in [-0.4, -0.2) is 89.3 Å². The molecule has 1 amide bonds. The summed E-state index contributed by atoms with van der Waals surface area (Å²) in [4.78, 5) is 36.8. The van der Waals surface area contributed by atoms with Crippen molar-refractivity contribution in [1.82, 2.24) is 24.8 Å². The number of aliphatic hydroxyl groups excluding tert-OH is 1. The molecule has 2 aliphatic rings. The van der Waals surface area contributed by atoms with Crippen LogP contribution >= 0.6 is 0 Å². The van der Waals surface area contributed by atoms with Crippen molar-refractivity contribution in [3.63, 3.8) is 0 Å². The third-order valence-electron chi connectivity index (χ3n) is 9.38. The van der Waals surface area contributed by atoms with Crippen molar-refractivity contribution in [3.8, 4) is 28.4 Å². The van der Waals surface area contributed by atoms with E-state index in [-0.39, 0.29) is 12.6 Å². The van der Waals surface area contributed by atoms with Gasteiger partial charge in [-0.05, 0) is 70.5 Å². The third-order valence-corrected chi connectivity index (χ3v) is 9.38. The van der Waals surface area contributed by atoms with E-state index in [2.05, 4.69) is 39.2 Å².